The lowest BCUT2D eigenvalue weighted by Gasteiger charge is -2.29. The fourth-order valence-corrected chi connectivity index (χ4v) is 7.15. The van der Waals surface area contributed by atoms with Crippen molar-refractivity contribution in [3.63, 3.8) is 0 Å². The molecule has 8 aromatic rings. The second-order valence-corrected chi connectivity index (χ2v) is 12.4. The molecular weight excluding hydrogens is 581 g/mol. The van der Waals surface area contributed by atoms with Crippen LogP contribution in [0.25, 0.3) is 54.9 Å². The van der Waals surface area contributed by atoms with E-state index in [0.717, 1.165) is 22.6 Å². The predicted octanol–water partition coefficient (Wildman–Crippen LogP) is 11.8. The Kier molecular flexibility index (Phi) is 6.91. The van der Waals surface area contributed by atoms with E-state index in [1.165, 1.54) is 60.5 Å². The van der Waals surface area contributed by atoms with Crippen LogP contribution >= 0.6 is 0 Å². The Hall–Kier alpha value is -6.25. The van der Waals surface area contributed by atoms with Crippen molar-refractivity contribution in [2.45, 2.75) is 6.04 Å². The molecule has 0 saturated heterocycles. The Bertz CT molecular complexity index is 2410. The number of rotatable bonds is 5. The van der Waals surface area contributed by atoms with Crippen molar-refractivity contribution in [2.24, 2.45) is 4.99 Å². The van der Waals surface area contributed by atoms with Gasteiger partial charge in [0.2, 0.25) is 0 Å². The van der Waals surface area contributed by atoms with E-state index in [1.807, 2.05) is 0 Å². The molecule has 0 amide bonds. The molecule has 1 aliphatic rings. The summed E-state index contributed by atoms with van der Waals surface area (Å²) in [5, 5.41) is 8.86. The monoisotopic (exact) mass is 612 g/mol. The second-order valence-electron chi connectivity index (χ2n) is 12.4. The van der Waals surface area contributed by atoms with Gasteiger partial charge in [0.05, 0.1) is 11.7 Å². The van der Waals surface area contributed by atoms with Gasteiger partial charge in [0, 0.05) is 11.1 Å². The van der Waals surface area contributed by atoms with Gasteiger partial charge >= 0.3 is 0 Å². The molecule has 48 heavy (non-hydrogen) atoms. The topological polar surface area (TPSA) is 24.4 Å². The van der Waals surface area contributed by atoms with Gasteiger partial charge in [0.25, 0.3) is 0 Å². The summed E-state index contributed by atoms with van der Waals surface area (Å²) in [6, 6.07) is 65.2. The molecule has 2 nitrogen and oxygen atoms in total. The molecule has 0 aliphatic carbocycles. The number of nitrogens with one attached hydrogen (secondary N) is 1. The molecule has 0 aromatic heterocycles. The first-order chi connectivity index (χ1) is 23.8. The standard InChI is InChI=1S/C46H32N2/c1-4-14-31(15-5-1)34-24-25-43-42(30-34)45(33-18-8-3-9-19-33)48-46(47-43)39-28-37(32-16-6-2-7-17-32)27-38(29-39)44-40-22-12-10-20-35(40)26-36-21-11-13-23-41(36)44/h1-30,45H,(H,47,48). The van der Waals surface area contributed by atoms with Gasteiger partial charge in [-0.25, -0.2) is 4.99 Å². The summed E-state index contributed by atoms with van der Waals surface area (Å²) in [4.78, 5) is 5.33. The van der Waals surface area contributed by atoms with E-state index < -0.39 is 0 Å². The maximum Gasteiger partial charge on any atom is 0.134 e. The molecule has 0 radical (unpaired) electrons. The lowest BCUT2D eigenvalue weighted by Crippen LogP contribution is -2.32. The van der Waals surface area contributed by atoms with Crippen LogP contribution < -0.4 is 5.32 Å². The highest BCUT2D eigenvalue weighted by Crippen LogP contribution is 2.41. The van der Waals surface area contributed by atoms with Crippen LogP contribution in [0.5, 0.6) is 0 Å². The SMILES string of the molecule is c1ccc(-c2cc(C3=Nc4ccc(-c5ccccc5)cc4C(c4ccccc4)N3)cc(-c3c4ccccc4cc4ccccc34)c2)cc1. The maximum absolute atomic E-state index is 5.33. The van der Waals surface area contributed by atoms with Crippen molar-refractivity contribution in [3.05, 3.63) is 199 Å². The lowest BCUT2D eigenvalue weighted by molar-refractivity contribution is 0.750. The highest BCUT2D eigenvalue weighted by molar-refractivity contribution is 6.14. The van der Waals surface area contributed by atoms with Crippen LogP contribution in [-0.2, 0) is 0 Å². The molecule has 1 heterocycles. The Morgan fingerprint density at radius 1 is 0.396 bits per heavy atom. The first kappa shape index (κ1) is 28.0. The molecule has 9 rings (SSSR count). The smallest absolute Gasteiger partial charge is 0.134 e. The van der Waals surface area contributed by atoms with Crippen LogP contribution in [0.3, 0.4) is 0 Å². The number of amidine groups is 1. The third-order valence-corrected chi connectivity index (χ3v) is 9.47. The van der Waals surface area contributed by atoms with E-state index in [9.17, 15) is 0 Å². The number of hydrogen-bond acceptors (Lipinski definition) is 2. The average molecular weight is 613 g/mol. The van der Waals surface area contributed by atoms with Crippen LogP contribution in [0.2, 0.25) is 0 Å². The van der Waals surface area contributed by atoms with Gasteiger partial charge in [0.1, 0.15) is 5.84 Å². The first-order valence-corrected chi connectivity index (χ1v) is 16.5. The summed E-state index contributed by atoms with van der Waals surface area (Å²) in [5.74, 6) is 0.868. The third kappa shape index (κ3) is 5.05. The van der Waals surface area contributed by atoms with Crippen molar-refractivity contribution in [1.82, 2.24) is 5.32 Å². The normalized spacial score (nSPS) is 13.9. The molecule has 226 valence electrons. The zero-order valence-corrected chi connectivity index (χ0v) is 26.3. The van der Waals surface area contributed by atoms with Crippen LogP contribution in [0.1, 0.15) is 22.7 Å². The quantitative estimate of drug-likeness (QED) is 0.192. The van der Waals surface area contributed by atoms with Crippen LogP contribution in [0.4, 0.5) is 5.69 Å². The fraction of sp³-hybridized carbons (Fsp3) is 0.0217. The Labute approximate surface area is 280 Å². The molecule has 0 fully saturated rings. The van der Waals surface area contributed by atoms with Crippen molar-refractivity contribution in [1.29, 1.82) is 0 Å². The van der Waals surface area contributed by atoms with Crippen LogP contribution in [0, 0.1) is 0 Å². The summed E-state index contributed by atoms with van der Waals surface area (Å²) in [6.07, 6.45) is 0. The summed E-state index contributed by atoms with van der Waals surface area (Å²) in [5.41, 5.74) is 11.6. The minimum absolute atomic E-state index is 0.0559. The first-order valence-electron chi connectivity index (χ1n) is 16.5. The lowest BCUT2D eigenvalue weighted by atomic mass is 9.88. The van der Waals surface area contributed by atoms with E-state index in [0.29, 0.717) is 0 Å². The van der Waals surface area contributed by atoms with Crippen molar-refractivity contribution >= 4 is 33.1 Å². The molecule has 2 heteroatoms. The Balaban J connectivity index is 1.27. The summed E-state index contributed by atoms with van der Waals surface area (Å²) in [6.45, 7) is 0. The third-order valence-electron chi connectivity index (χ3n) is 9.47. The Morgan fingerprint density at radius 2 is 0.938 bits per heavy atom. The van der Waals surface area contributed by atoms with Crippen molar-refractivity contribution < 1.29 is 0 Å². The predicted molar refractivity (Wildman–Crippen MR) is 202 cm³/mol. The zero-order chi connectivity index (χ0) is 31.9. The zero-order valence-electron chi connectivity index (χ0n) is 26.3. The van der Waals surface area contributed by atoms with Crippen LogP contribution in [-0.4, -0.2) is 5.84 Å². The van der Waals surface area contributed by atoms with Gasteiger partial charge in [-0.3, -0.25) is 0 Å². The molecule has 1 atom stereocenters. The molecule has 0 bridgehead atoms. The number of nitrogens with zero attached hydrogens (tertiary/aromatic N) is 1. The molecular formula is C46H32N2. The largest absolute Gasteiger partial charge is 0.359 e. The highest BCUT2D eigenvalue weighted by Gasteiger charge is 2.26. The summed E-state index contributed by atoms with van der Waals surface area (Å²) >= 11 is 0. The minimum Gasteiger partial charge on any atom is -0.359 e. The molecule has 1 aliphatic heterocycles. The second kappa shape index (κ2) is 11.8. The summed E-state index contributed by atoms with van der Waals surface area (Å²) < 4.78 is 0. The van der Waals surface area contributed by atoms with E-state index in [2.05, 4.69) is 187 Å². The number of aliphatic imine (C=N–C) groups is 1. The van der Waals surface area contributed by atoms with Gasteiger partial charge in [-0.2, -0.15) is 0 Å². The van der Waals surface area contributed by atoms with E-state index in [1.54, 1.807) is 0 Å². The van der Waals surface area contributed by atoms with Gasteiger partial charge in [-0.05, 0) is 96.9 Å². The Morgan fingerprint density at radius 3 is 1.60 bits per heavy atom. The van der Waals surface area contributed by atoms with Gasteiger partial charge in [-0.15, -0.1) is 0 Å². The molecule has 0 saturated carbocycles. The van der Waals surface area contributed by atoms with Crippen molar-refractivity contribution in [3.8, 4) is 33.4 Å². The van der Waals surface area contributed by atoms with Gasteiger partial charge < -0.3 is 5.32 Å². The van der Waals surface area contributed by atoms with E-state index in [-0.39, 0.29) is 6.04 Å². The fourth-order valence-electron chi connectivity index (χ4n) is 7.15. The maximum atomic E-state index is 5.33. The van der Waals surface area contributed by atoms with Crippen molar-refractivity contribution in [2.75, 3.05) is 0 Å². The van der Waals surface area contributed by atoms with Gasteiger partial charge in [-0.1, -0.05) is 146 Å². The number of fused-ring (bicyclic) bond motifs is 3. The molecule has 0 spiro atoms. The molecule has 1 N–H and O–H groups in total. The average Bonchev–Trinajstić information content (AvgIpc) is 3.17. The minimum atomic E-state index is -0.0559. The van der Waals surface area contributed by atoms with Gasteiger partial charge in [0.15, 0.2) is 0 Å². The highest BCUT2D eigenvalue weighted by atomic mass is 15.1. The van der Waals surface area contributed by atoms with E-state index in [4.69, 9.17) is 4.99 Å². The molecule has 8 aromatic carbocycles. The van der Waals surface area contributed by atoms with E-state index >= 15 is 0 Å². The van der Waals surface area contributed by atoms with Crippen LogP contribution in [0.15, 0.2) is 187 Å². The number of benzene rings is 8. The summed E-state index contributed by atoms with van der Waals surface area (Å²) in [7, 11) is 0. The molecule has 1 unspecified atom stereocenters. The number of hydrogen-bond donors (Lipinski definition) is 1.